The summed E-state index contributed by atoms with van der Waals surface area (Å²) in [4.78, 5) is 0. The van der Waals surface area contributed by atoms with Crippen molar-refractivity contribution >= 4 is 11.0 Å². The quantitative estimate of drug-likeness (QED) is 0.733. The van der Waals surface area contributed by atoms with E-state index < -0.39 is 0 Å². The number of rotatable bonds is 2. The highest BCUT2D eigenvalue weighted by atomic mass is 16.5. The van der Waals surface area contributed by atoms with Crippen LogP contribution in [0.25, 0.3) is 11.0 Å². The van der Waals surface area contributed by atoms with E-state index >= 15 is 0 Å². The van der Waals surface area contributed by atoms with Gasteiger partial charge in [0.25, 0.3) is 0 Å². The van der Waals surface area contributed by atoms with Gasteiger partial charge in [-0.3, -0.25) is 0 Å². The molecule has 2 aromatic rings. The zero-order chi connectivity index (χ0) is 10.1. The van der Waals surface area contributed by atoms with Crippen LogP contribution in [0.5, 0.6) is 11.5 Å². The molecule has 0 fully saturated rings. The highest BCUT2D eigenvalue weighted by Gasteiger charge is 2.12. The first-order chi connectivity index (χ1) is 6.76. The summed E-state index contributed by atoms with van der Waals surface area (Å²) in [6, 6.07) is 5.79. The fraction of sp³-hybridized carbons (Fsp3) is 0.273. The van der Waals surface area contributed by atoms with E-state index in [0.717, 1.165) is 16.7 Å². The number of aryl methyl sites for hydroxylation is 1. The van der Waals surface area contributed by atoms with Crippen LogP contribution in [0.4, 0.5) is 0 Å². The lowest BCUT2D eigenvalue weighted by molar-refractivity contribution is 0.353. The second-order valence-corrected chi connectivity index (χ2v) is 3.08. The van der Waals surface area contributed by atoms with Crippen molar-refractivity contribution in [2.75, 3.05) is 14.2 Å². The van der Waals surface area contributed by atoms with Crippen molar-refractivity contribution in [2.45, 2.75) is 6.92 Å². The van der Waals surface area contributed by atoms with Gasteiger partial charge in [0.1, 0.15) is 5.76 Å². The summed E-state index contributed by atoms with van der Waals surface area (Å²) in [5.74, 6) is 2.21. The van der Waals surface area contributed by atoms with Crippen LogP contribution in [0.15, 0.2) is 22.6 Å². The Kier molecular flexibility index (Phi) is 2.08. The highest BCUT2D eigenvalue weighted by Crippen LogP contribution is 2.36. The number of methoxy groups -OCH3 is 2. The van der Waals surface area contributed by atoms with Crippen molar-refractivity contribution in [3.8, 4) is 11.5 Å². The van der Waals surface area contributed by atoms with Gasteiger partial charge in [-0.1, -0.05) is 0 Å². The molecule has 74 valence electrons. The van der Waals surface area contributed by atoms with Gasteiger partial charge in [-0.25, -0.2) is 0 Å². The largest absolute Gasteiger partial charge is 0.493 e. The Balaban J connectivity index is 2.75. The van der Waals surface area contributed by atoms with Crippen molar-refractivity contribution < 1.29 is 13.9 Å². The van der Waals surface area contributed by atoms with Crippen LogP contribution in [0, 0.1) is 6.92 Å². The first-order valence-electron chi connectivity index (χ1n) is 4.37. The van der Waals surface area contributed by atoms with Gasteiger partial charge in [0, 0.05) is 5.39 Å². The zero-order valence-corrected chi connectivity index (χ0v) is 8.46. The first-order valence-corrected chi connectivity index (χ1v) is 4.37. The third-order valence-electron chi connectivity index (χ3n) is 2.15. The van der Waals surface area contributed by atoms with Crippen LogP contribution in [-0.4, -0.2) is 14.2 Å². The molecule has 0 atom stereocenters. The third-order valence-corrected chi connectivity index (χ3v) is 2.15. The lowest BCUT2D eigenvalue weighted by Crippen LogP contribution is -1.89. The summed E-state index contributed by atoms with van der Waals surface area (Å²) in [6.45, 7) is 1.91. The predicted molar refractivity (Wildman–Crippen MR) is 54.1 cm³/mol. The summed E-state index contributed by atoms with van der Waals surface area (Å²) in [7, 11) is 3.22. The minimum atomic E-state index is 0.651. The van der Waals surface area contributed by atoms with Crippen LogP contribution in [0.3, 0.4) is 0 Å². The second kappa shape index (κ2) is 3.25. The number of furan rings is 1. The molecule has 0 aliphatic carbocycles. The molecular formula is C11H12O3. The molecule has 0 aliphatic heterocycles. The van der Waals surface area contributed by atoms with Crippen molar-refractivity contribution in [1.82, 2.24) is 0 Å². The SMILES string of the molecule is COc1ccc2cc(C)oc2c1OC. The fourth-order valence-corrected chi connectivity index (χ4v) is 1.54. The smallest absolute Gasteiger partial charge is 0.204 e. The van der Waals surface area contributed by atoms with E-state index in [4.69, 9.17) is 13.9 Å². The molecular weight excluding hydrogens is 180 g/mol. The van der Waals surface area contributed by atoms with Crippen LogP contribution >= 0.6 is 0 Å². The molecule has 0 saturated heterocycles. The lowest BCUT2D eigenvalue weighted by Gasteiger charge is -2.06. The molecule has 1 aromatic heterocycles. The molecule has 1 heterocycles. The van der Waals surface area contributed by atoms with Crippen LogP contribution < -0.4 is 9.47 Å². The number of ether oxygens (including phenoxy) is 2. The summed E-state index contributed by atoms with van der Waals surface area (Å²) >= 11 is 0. The zero-order valence-electron chi connectivity index (χ0n) is 8.46. The standard InChI is InChI=1S/C11H12O3/c1-7-6-8-4-5-9(12-2)11(13-3)10(8)14-7/h4-6H,1-3H3. The number of fused-ring (bicyclic) bond motifs is 1. The Hall–Kier alpha value is -1.64. The van der Waals surface area contributed by atoms with Gasteiger partial charge < -0.3 is 13.9 Å². The first kappa shape index (κ1) is 8.94. The van der Waals surface area contributed by atoms with Crippen LogP contribution in [0.2, 0.25) is 0 Å². The Labute approximate surface area is 82.2 Å². The number of hydrogen-bond donors (Lipinski definition) is 0. The molecule has 3 nitrogen and oxygen atoms in total. The maximum Gasteiger partial charge on any atom is 0.204 e. The molecule has 0 saturated carbocycles. The van der Waals surface area contributed by atoms with Crippen LogP contribution in [-0.2, 0) is 0 Å². The summed E-state index contributed by atoms with van der Waals surface area (Å²) in [6.07, 6.45) is 0. The van der Waals surface area contributed by atoms with E-state index in [1.54, 1.807) is 14.2 Å². The summed E-state index contributed by atoms with van der Waals surface area (Å²) in [5.41, 5.74) is 0.740. The topological polar surface area (TPSA) is 31.6 Å². The molecule has 0 N–H and O–H groups in total. The molecule has 0 spiro atoms. The van der Waals surface area contributed by atoms with Gasteiger partial charge in [0.2, 0.25) is 5.75 Å². The molecule has 0 radical (unpaired) electrons. The van der Waals surface area contributed by atoms with Crippen molar-refractivity contribution in [3.05, 3.63) is 24.0 Å². The van der Waals surface area contributed by atoms with Crippen molar-refractivity contribution in [1.29, 1.82) is 0 Å². The predicted octanol–water partition coefficient (Wildman–Crippen LogP) is 2.76. The Morgan fingerprint density at radius 1 is 1.14 bits per heavy atom. The molecule has 0 amide bonds. The minimum absolute atomic E-state index is 0.651. The maximum atomic E-state index is 5.53. The number of hydrogen-bond acceptors (Lipinski definition) is 3. The Bertz CT molecular complexity index is 457. The molecule has 0 aliphatic rings. The molecule has 0 unspecified atom stereocenters. The highest BCUT2D eigenvalue weighted by molar-refractivity contribution is 5.86. The lowest BCUT2D eigenvalue weighted by atomic mass is 10.2. The van der Waals surface area contributed by atoms with Gasteiger partial charge in [-0.15, -0.1) is 0 Å². The van der Waals surface area contributed by atoms with Crippen molar-refractivity contribution in [3.63, 3.8) is 0 Å². The van der Waals surface area contributed by atoms with Gasteiger partial charge in [-0.05, 0) is 25.1 Å². The Morgan fingerprint density at radius 2 is 1.93 bits per heavy atom. The molecule has 3 heteroatoms. The maximum absolute atomic E-state index is 5.53. The van der Waals surface area contributed by atoms with E-state index in [1.807, 2.05) is 25.1 Å². The van der Waals surface area contributed by atoms with Crippen molar-refractivity contribution in [2.24, 2.45) is 0 Å². The second-order valence-electron chi connectivity index (χ2n) is 3.08. The average molecular weight is 192 g/mol. The fourth-order valence-electron chi connectivity index (χ4n) is 1.54. The third kappa shape index (κ3) is 1.21. The van der Waals surface area contributed by atoms with E-state index in [-0.39, 0.29) is 0 Å². The Morgan fingerprint density at radius 3 is 2.57 bits per heavy atom. The van der Waals surface area contributed by atoms with Gasteiger partial charge in [-0.2, -0.15) is 0 Å². The van der Waals surface area contributed by atoms with E-state index in [9.17, 15) is 0 Å². The molecule has 0 bridgehead atoms. The molecule has 2 rings (SSSR count). The average Bonchev–Trinajstić information content (AvgIpc) is 2.56. The van der Waals surface area contributed by atoms with E-state index in [1.165, 1.54) is 0 Å². The minimum Gasteiger partial charge on any atom is -0.493 e. The summed E-state index contributed by atoms with van der Waals surface area (Å²) < 4.78 is 15.9. The molecule has 1 aromatic carbocycles. The molecule has 14 heavy (non-hydrogen) atoms. The normalized spacial score (nSPS) is 10.5. The van der Waals surface area contributed by atoms with Crippen LogP contribution in [0.1, 0.15) is 5.76 Å². The summed E-state index contributed by atoms with van der Waals surface area (Å²) in [5, 5.41) is 1.03. The number of benzene rings is 1. The monoisotopic (exact) mass is 192 g/mol. The van der Waals surface area contributed by atoms with Gasteiger partial charge in [0.15, 0.2) is 11.3 Å². The van der Waals surface area contributed by atoms with E-state index in [2.05, 4.69) is 0 Å². The van der Waals surface area contributed by atoms with Gasteiger partial charge >= 0.3 is 0 Å². The van der Waals surface area contributed by atoms with E-state index in [0.29, 0.717) is 11.5 Å². The van der Waals surface area contributed by atoms with Gasteiger partial charge in [0.05, 0.1) is 14.2 Å².